The number of rotatable bonds is 6. The highest BCUT2D eigenvalue weighted by atomic mass is 19.4. The van der Waals surface area contributed by atoms with E-state index in [2.05, 4.69) is 5.32 Å². The molecule has 0 bridgehead atoms. The third-order valence-electron chi connectivity index (χ3n) is 3.29. The fourth-order valence-corrected chi connectivity index (χ4v) is 1.70. The Labute approximate surface area is 114 Å². The van der Waals surface area contributed by atoms with Gasteiger partial charge in [-0.15, -0.1) is 0 Å². The van der Waals surface area contributed by atoms with Gasteiger partial charge >= 0.3 is 6.18 Å². The molecule has 0 radical (unpaired) electrons. The molecule has 1 aromatic rings. The Bertz CT molecular complexity index is 436. The second-order valence-electron chi connectivity index (χ2n) is 4.62. The van der Waals surface area contributed by atoms with Crippen molar-refractivity contribution in [2.75, 3.05) is 13.2 Å². The number of hydrogen-bond acceptors (Lipinski definition) is 3. The average Bonchev–Trinajstić information content (AvgIpc) is 2.41. The van der Waals surface area contributed by atoms with Crippen LogP contribution in [0.2, 0.25) is 0 Å². The summed E-state index contributed by atoms with van der Waals surface area (Å²) < 4.78 is 50.8. The zero-order valence-electron chi connectivity index (χ0n) is 11.0. The molecular formula is C13H17F4NO2. The maximum Gasteiger partial charge on any atom is 0.419 e. The van der Waals surface area contributed by atoms with Gasteiger partial charge in [-0.3, -0.25) is 0 Å². The summed E-state index contributed by atoms with van der Waals surface area (Å²) in [6.45, 7) is 1.00. The summed E-state index contributed by atoms with van der Waals surface area (Å²) in [6.07, 6.45) is -4.36. The van der Waals surface area contributed by atoms with E-state index in [1.54, 1.807) is 6.92 Å². The Balaban J connectivity index is 2.89. The molecule has 7 heteroatoms. The Hall–Kier alpha value is -1.18. The van der Waals surface area contributed by atoms with Crippen molar-refractivity contribution in [2.45, 2.75) is 31.6 Å². The van der Waals surface area contributed by atoms with Gasteiger partial charge in [-0.1, -0.05) is 13.0 Å². The molecule has 1 rings (SSSR count). The summed E-state index contributed by atoms with van der Waals surface area (Å²) in [5.41, 5.74) is -2.07. The summed E-state index contributed by atoms with van der Waals surface area (Å²) in [5.74, 6) is -1.33. The first-order valence-electron chi connectivity index (χ1n) is 6.10. The fourth-order valence-electron chi connectivity index (χ4n) is 1.70. The van der Waals surface area contributed by atoms with E-state index in [9.17, 15) is 27.8 Å². The van der Waals surface area contributed by atoms with E-state index >= 15 is 0 Å². The number of aliphatic hydroxyl groups excluding tert-OH is 2. The molecule has 0 spiro atoms. The number of benzene rings is 1. The Kier molecular flexibility index (Phi) is 5.50. The van der Waals surface area contributed by atoms with Crippen LogP contribution in [-0.4, -0.2) is 29.0 Å². The molecule has 0 aliphatic carbocycles. The van der Waals surface area contributed by atoms with Gasteiger partial charge in [0, 0.05) is 6.54 Å². The minimum atomic E-state index is -4.75. The lowest BCUT2D eigenvalue weighted by Gasteiger charge is -2.30. The zero-order valence-corrected chi connectivity index (χ0v) is 11.0. The summed E-state index contributed by atoms with van der Waals surface area (Å²) in [6, 6.07) is 2.70. The quantitative estimate of drug-likeness (QED) is 0.704. The maximum absolute atomic E-state index is 13.1. The molecule has 3 nitrogen and oxygen atoms in total. The van der Waals surface area contributed by atoms with Crippen LogP contribution in [-0.2, 0) is 12.7 Å². The molecule has 0 atom stereocenters. The molecule has 0 amide bonds. The van der Waals surface area contributed by atoms with Crippen molar-refractivity contribution in [3.63, 3.8) is 0 Å². The maximum atomic E-state index is 13.1. The lowest BCUT2D eigenvalue weighted by Crippen LogP contribution is -2.50. The predicted molar refractivity (Wildman–Crippen MR) is 65.4 cm³/mol. The van der Waals surface area contributed by atoms with Crippen LogP contribution in [0.1, 0.15) is 24.5 Å². The van der Waals surface area contributed by atoms with Crippen LogP contribution in [0.3, 0.4) is 0 Å². The SMILES string of the molecule is CCC(CO)(CO)NCc1ccc(F)c(C(F)(F)F)c1. The van der Waals surface area contributed by atoms with Crippen molar-refractivity contribution in [1.82, 2.24) is 5.32 Å². The van der Waals surface area contributed by atoms with Crippen molar-refractivity contribution in [3.05, 3.63) is 35.1 Å². The van der Waals surface area contributed by atoms with Crippen molar-refractivity contribution < 1.29 is 27.8 Å². The Morgan fingerprint density at radius 1 is 1.15 bits per heavy atom. The van der Waals surface area contributed by atoms with Gasteiger partial charge in [0.15, 0.2) is 0 Å². The summed E-state index contributed by atoms with van der Waals surface area (Å²) in [4.78, 5) is 0. The molecular weight excluding hydrogens is 278 g/mol. The average molecular weight is 295 g/mol. The van der Waals surface area contributed by atoms with Crippen molar-refractivity contribution in [2.24, 2.45) is 0 Å². The van der Waals surface area contributed by atoms with Gasteiger partial charge in [0.25, 0.3) is 0 Å². The van der Waals surface area contributed by atoms with Crippen LogP contribution in [0, 0.1) is 5.82 Å². The van der Waals surface area contributed by atoms with E-state index in [4.69, 9.17) is 0 Å². The number of nitrogens with one attached hydrogen (secondary N) is 1. The van der Waals surface area contributed by atoms with Gasteiger partial charge in [-0.2, -0.15) is 13.2 Å². The van der Waals surface area contributed by atoms with E-state index in [1.807, 2.05) is 0 Å². The van der Waals surface area contributed by atoms with E-state index in [0.29, 0.717) is 6.42 Å². The van der Waals surface area contributed by atoms with Crippen LogP contribution in [0.25, 0.3) is 0 Å². The highest BCUT2D eigenvalue weighted by Crippen LogP contribution is 2.31. The third kappa shape index (κ3) is 3.91. The molecule has 0 aliphatic heterocycles. The second kappa shape index (κ2) is 6.51. The number of aliphatic hydroxyl groups is 2. The lowest BCUT2D eigenvalue weighted by atomic mass is 9.98. The number of alkyl halides is 3. The van der Waals surface area contributed by atoms with Crippen LogP contribution >= 0.6 is 0 Å². The highest BCUT2D eigenvalue weighted by Gasteiger charge is 2.34. The van der Waals surface area contributed by atoms with Crippen LogP contribution in [0.5, 0.6) is 0 Å². The minimum Gasteiger partial charge on any atom is -0.394 e. The number of halogens is 4. The van der Waals surface area contributed by atoms with Crippen LogP contribution in [0.15, 0.2) is 18.2 Å². The first-order valence-corrected chi connectivity index (χ1v) is 6.10. The largest absolute Gasteiger partial charge is 0.419 e. The molecule has 3 N–H and O–H groups in total. The zero-order chi connectivity index (χ0) is 15.4. The lowest BCUT2D eigenvalue weighted by molar-refractivity contribution is -0.140. The van der Waals surface area contributed by atoms with E-state index in [-0.39, 0.29) is 25.3 Å². The summed E-state index contributed by atoms with van der Waals surface area (Å²) >= 11 is 0. The molecule has 0 aromatic heterocycles. The first-order chi connectivity index (χ1) is 9.28. The molecule has 0 aliphatic rings. The molecule has 0 heterocycles. The minimum absolute atomic E-state index is 0.0156. The Morgan fingerprint density at radius 3 is 2.20 bits per heavy atom. The van der Waals surface area contributed by atoms with Crippen molar-refractivity contribution in [3.8, 4) is 0 Å². The standard InChI is InChI=1S/C13H17F4NO2/c1-2-12(7-19,8-20)18-6-9-3-4-11(14)10(5-9)13(15,16)17/h3-5,18-20H,2,6-8H2,1H3. The molecule has 20 heavy (non-hydrogen) atoms. The monoisotopic (exact) mass is 295 g/mol. The van der Waals surface area contributed by atoms with Gasteiger partial charge in [0.05, 0.1) is 24.3 Å². The summed E-state index contributed by atoms with van der Waals surface area (Å²) in [7, 11) is 0. The molecule has 0 unspecified atom stereocenters. The first kappa shape index (κ1) is 16.9. The van der Waals surface area contributed by atoms with Gasteiger partial charge in [-0.05, 0) is 24.1 Å². The molecule has 0 saturated heterocycles. The topological polar surface area (TPSA) is 52.5 Å². The molecule has 114 valence electrons. The van der Waals surface area contributed by atoms with Crippen LogP contribution in [0.4, 0.5) is 17.6 Å². The van der Waals surface area contributed by atoms with E-state index < -0.39 is 23.1 Å². The molecule has 1 aromatic carbocycles. The number of hydrogen-bond donors (Lipinski definition) is 3. The van der Waals surface area contributed by atoms with Gasteiger partial charge in [-0.25, -0.2) is 4.39 Å². The predicted octanol–water partition coefficient (Wildman–Crippen LogP) is 2.07. The van der Waals surface area contributed by atoms with Crippen molar-refractivity contribution >= 4 is 0 Å². The normalized spacial score (nSPS) is 12.8. The Morgan fingerprint density at radius 2 is 1.75 bits per heavy atom. The van der Waals surface area contributed by atoms with Crippen LogP contribution < -0.4 is 5.32 Å². The molecule has 0 fully saturated rings. The van der Waals surface area contributed by atoms with Gasteiger partial charge in [0.2, 0.25) is 0 Å². The van der Waals surface area contributed by atoms with E-state index in [0.717, 1.165) is 12.1 Å². The smallest absolute Gasteiger partial charge is 0.394 e. The second-order valence-corrected chi connectivity index (χ2v) is 4.62. The molecule has 0 saturated carbocycles. The van der Waals surface area contributed by atoms with Crippen molar-refractivity contribution in [1.29, 1.82) is 0 Å². The van der Waals surface area contributed by atoms with E-state index in [1.165, 1.54) is 6.07 Å². The highest BCUT2D eigenvalue weighted by molar-refractivity contribution is 5.27. The van der Waals surface area contributed by atoms with Gasteiger partial charge in [0.1, 0.15) is 5.82 Å². The van der Waals surface area contributed by atoms with Gasteiger partial charge < -0.3 is 15.5 Å². The fraction of sp³-hybridized carbons (Fsp3) is 0.538. The summed E-state index contributed by atoms with van der Waals surface area (Å²) in [5, 5.41) is 21.2. The third-order valence-corrected chi connectivity index (χ3v) is 3.29.